The Morgan fingerprint density at radius 3 is 2.94 bits per heavy atom. The van der Waals surface area contributed by atoms with Crippen LogP contribution < -0.4 is 10.2 Å². The predicted octanol–water partition coefficient (Wildman–Crippen LogP) is 1.87. The van der Waals surface area contributed by atoms with Crippen molar-refractivity contribution in [2.75, 3.05) is 16.8 Å². The van der Waals surface area contributed by atoms with E-state index >= 15 is 0 Å². The summed E-state index contributed by atoms with van der Waals surface area (Å²) in [6, 6.07) is 8.15. The van der Waals surface area contributed by atoms with E-state index in [4.69, 9.17) is 5.26 Å². The Kier molecular flexibility index (Phi) is 2.25. The van der Waals surface area contributed by atoms with Gasteiger partial charge in [-0.05, 0) is 31.0 Å². The molecule has 0 bridgehead atoms. The number of fused-ring (bicyclic) bond motifs is 1. The lowest BCUT2D eigenvalue weighted by atomic mass is 10.1. The molecule has 4 nitrogen and oxygen atoms in total. The molecule has 1 fully saturated rings. The molecule has 3 rings (SSSR count). The van der Waals surface area contributed by atoms with E-state index in [0.29, 0.717) is 18.0 Å². The van der Waals surface area contributed by atoms with Gasteiger partial charge in [-0.25, -0.2) is 0 Å². The van der Waals surface area contributed by atoms with Gasteiger partial charge in [-0.2, -0.15) is 5.26 Å². The van der Waals surface area contributed by atoms with Crippen LogP contribution in [0.4, 0.5) is 11.4 Å². The van der Waals surface area contributed by atoms with Crippen LogP contribution in [-0.4, -0.2) is 18.5 Å². The van der Waals surface area contributed by atoms with Crippen molar-refractivity contribution in [3.63, 3.8) is 0 Å². The van der Waals surface area contributed by atoms with Gasteiger partial charge in [0.15, 0.2) is 0 Å². The molecule has 0 aromatic heterocycles. The summed E-state index contributed by atoms with van der Waals surface area (Å²) in [4.78, 5) is 13.8. The van der Waals surface area contributed by atoms with Crippen molar-refractivity contribution in [1.82, 2.24) is 0 Å². The minimum Gasteiger partial charge on any atom is -0.366 e. The van der Waals surface area contributed by atoms with Gasteiger partial charge in [0.1, 0.15) is 0 Å². The number of benzene rings is 1. The topological polar surface area (TPSA) is 56.1 Å². The fraction of sp³-hybridized carbons (Fsp3) is 0.385. The van der Waals surface area contributed by atoms with Gasteiger partial charge in [-0.3, -0.25) is 4.79 Å². The molecule has 4 heteroatoms. The van der Waals surface area contributed by atoms with Crippen molar-refractivity contribution in [2.45, 2.75) is 25.3 Å². The smallest absolute Gasteiger partial charge is 0.226 e. The second-order valence-corrected chi connectivity index (χ2v) is 4.57. The lowest BCUT2D eigenvalue weighted by molar-refractivity contribution is -0.115. The number of amides is 1. The number of rotatable bonds is 1. The highest BCUT2D eigenvalue weighted by Gasteiger charge is 2.32. The first-order valence-corrected chi connectivity index (χ1v) is 5.88. The first-order valence-electron chi connectivity index (χ1n) is 5.88. The van der Waals surface area contributed by atoms with E-state index in [9.17, 15) is 4.79 Å². The van der Waals surface area contributed by atoms with Gasteiger partial charge in [0.05, 0.1) is 23.0 Å². The van der Waals surface area contributed by atoms with Crippen molar-refractivity contribution in [2.24, 2.45) is 0 Å². The van der Waals surface area contributed by atoms with Gasteiger partial charge in [0, 0.05) is 19.0 Å². The zero-order chi connectivity index (χ0) is 11.8. The molecule has 2 aliphatic rings. The minimum absolute atomic E-state index is 0.0547. The molecule has 1 heterocycles. The largest absolute Gasteiger partial charge is 0.366 e. The molecule has 0 unspecified atom stereocenters. The second kappa shape index (κ2) is 3.77. The van der Waals surface area contributed by atoms with E-state index in [2.05, 4.69) is 16.3 Å². The number of anilines is 2. The van der Waals surface area contributed by atoms with Crippen LogP contribution in [0.15, 0.2) is 18.2 Å². The standard InChI is InChI=1S/C13H13N3O/c14-8-9-1-4-11-12(7-9)16(10-2-3-10)6-5-13(17)15-11/h1,4,7,10H,2-3,5-6H2,(H,15,17). The van der Waals surface area contributed by atoms with Crippen LogP contribution in [0.1, 0.15) is 24.8 Å². The molecular weight excluding hydrogens is 214 g/mol. The highest BCUT2D eigenvalue weighted by atomic mass is 16.1. The molecule has 1 N–H and O–H groups in total. The summed E-state index contributed by atoms with van der Waals surface area (Å²) in [5, 5.41) is 11.8. The third-order valence-electron chi connectivity index (χ3n) is 3.28. The maximum Gasteiger partial charge on any atom is 0.226 e. The van der Waals surface area contributed by atoms with Crippen LogP contribution in [0.5, 0.6) is 0 Å². The van der Waals surface area contributed by atoms with Gasteiger partial charge in [-0.1, -0.05) is 0 Å². The molecule has 1 saturated carbocycles. The number of nitrogens with one attached hydrogen (secondary N) is 1. The highest BCUT2D eigenvalue weighted by Crippen LogP contribution is 2.37. The highest BCUT2D eigenvalue weighted by molar-refractivity contribution is 5.96. The summed E-state index contributed by atoms with van der Waals surface area (Å²) in [5.41, 5.74) is 2.47. The normalized spacial score (nSPS) is 19.0. The monoisotopic (exact) mass is 227 g/mol. The van der Waals surface area contributed by atoms with Crippen LogP contribution in [0.3, 0.4) is 0 Å². The Morgan fingerprint density at radius 1 is 1.41 bits per heavy atom. The first-order chi connectivity index (χ1) is 8.28. The Hall–Kier alpha value is -2.02. The quantitative estimate of drug-likeness (QED) is 0.796. The van der Waals surface area contributed by atoms with Crippen molar-refractivity contribution < 1.29 is 4.79 Å². The summed E-state index contributed by atoms with van der Waals surface area (Å²) < 4.78 is 0. The summed E-state index contributed by atoms with van der Waals surface area (Å²) >= 11 is 0. The van der Waals surface area contributed by atoms with Crippen molar-refractivity contribution in [3.05, 3.63) is 23.8 Å². The van der Waals surface area contributed by atoms with Crippen LogP contribution in [-0.2, 0) is 4.79 Å². The van der Waals surface area contributed by atoms with Gasteiger partial charge in [0.2, 0.25) is 5.91 Å². The molecule has 1 aliphatic heterocycles. The first kappa shape index (κ1) is 10.2. The number of nitrogens with zero attached hydrogens (tertiary/aromatic N) is 2. The lowest BCUT2D eigenvalue weighted by Gasteiger charge is -2.23. The van der Waals surface area contributed by atoms with Gasteiger partial charge >= 0.3 is 0 Å². The van der Waals surface area contributed by atoms with Gasteiger partial charge < -0.3 is 10.2 Å². The molecule has 0 spiro atoms. The number of hydrogen-bond acceptors (Lipinski definition) is 3. The van der Waals surface area contributed by atoms with Crippen LogP contribution in [0.2, 0.25) is 0 Å². The summed E-state index contributed by atoms with van der Waals surface area (Å²) in [7, 11) is 0. The number of carbonyl (C=O) groups excluding carboxylic acids is 1. The molecule has 1 aromatic carbocycles. The maximum atomic E-state index is 11.6. The molecule has 1 aromatic rings. The van der Waals surface area contributed by atoms with Crippen LogP contribution >= 0.6 is 0 Å². The fourth-order valence-corrected chi connectivity index (χ4v) is 2.27. The SMILES string of the molecule is N#Cc1ccc2c(c1)N(C1CC1)CCC(=O)N2. The van der Waals surface area contributed by atoms with E-state index in [1.807, 2.05) is 12.1 Å². The Morgan fingerprint density at radius 2 is 2.24 bits per heavy atom. The maximum absolute atomic E-state index is 11.6. The Bertz CT molecular complexity index is 514. The third-order valence-corrected chi connectivity index (χ3v) is 3.28. The van der Waals surface area contributed by atoms with Crippen LogP contribution in [0, 0.1) is 11.3 Å². The molecule has 0 saturated heterocycles. The molecule has 0 atom stereocenters. The lowest BCUT2D eigenvalue weighted by Crippen LogP contribution is -2.26. The van der Waals surface area contributed by atoms with Crippen molar-refractivity contribution in [3.8, 4) is 6.07 Å². The van der Waals surface area contributed by atoms with E-state index in [-0.39, 0.29) is 5.91 Å². The third kappa shape index (κ3) is 1.84. The van der Waals surface area contributed by atoms with Gasteiger partial charge in [0.25, 0.3) is 0 Å². The number of hydrogen-bond donors (Lipinski definition) is 1. The summed E-state index contributed by atoms with van der Waals surface area (Å²) in [6.45, 7) is 0.748. The summed E-state index contributed by atoms with van der Waals surface area (Å²) in [5.74, 6) is 0.0547. The Balaban J connectivity index is 2.06. The molecule has 17 heavy (non-hydrogen) atoms. The average Bonchev–Trinajstić information content (AvgIpc) is 3.14. The molecule has 1 aliphatic carbocycles. The fourth-order valence-electron chi connectivity index (χ4n) is 2.27. The zero-order valence-corrected chi connectivity index (χ0v) is 9.44. The van der Waals surface area contributed by atoms with Gasteiger partial charge in [-0.15, -0.1) is 0 Å². The minimum atomic E-state index is 0.0547. The van der Waals surface area contributed by atoms with Crippen LogP contribution in [0.25, 0.3) is 0 Å². The number of nitriles is 1. The van der Waals surface area contributed by atoms with E-state index in [1.54, 1.807) is 6.07 Å². The summed E-state index contributed by atoms with van der Waals surface area (Å²) in [6.07, 6.45) is 2.89. The van der Waals surface area contributed by atoms with Crippen molar-refractivity contribution >= 4 is 17.3 Å². The zero-order valence-electron chi connectivity index (χ0n) is 9.44. The average molecular weight is 227 g/mol. The number of carbonyl (C=O) groups is 1. The molecule has 0 radical (unpaired) electrons. The molecule has 86 valence electrons. The second-order valence-electron chi connectivity index (χ2n) is 4.57. The van der Waals surface area contributed by atoms with E-state index < -0.39 is 0 Å². The van der Waals surface area contributed by atoms with E-state index in [0.717, 1.165) is 17.9 Å². The van der Waals surface area contributed by atoms with Crippen molar-refractivity contribution in [1.29, 1.82) is 5.26 Å². The Labute approximate surface area is 99.8 Å². The predicted molar refractivity (Wildman–Crippen MR) is 64.8 cm³/mol. The van der Waals surface area contributed by atoms with E-state index in [1.165, 1.54) is 12.8 Å². The molecule has 1 amide bonds. The molecular formula is C13H13N3O.